The molecule has 4 heteroatoms. The minimum Gasteiger partial charge on any atom is -0.351 e. The van der Waals surface area contributed by atoms with Gasteiger partial charge in [0.1, 0.15) is 3.38 Å². The van der Waals surface area contributed by atoms with Gasteiger partial charge in [-0.2, -0.15) is 0 Å². The van der Waals surface area contributed by atoms with Gasteiger partial charge in [-0.25, -0.2) is 0 Å². The molecule has 2 unspecified atom stereocenters. The standard InChI is InChI=1S/C8H13ClINO/c1-8(2)3-5(7(9)10)11-6(12)4-8/h5,7H,3-4H2,1-2H3,(H,11,12). The molecule has 12 heavy (non-hydrogen) atoms. The van der Waals surface area contributed by atoms with Gasteiger partial charge < -0.3 is 5.32 Å². The Balaban J connectivity index is 2.64. The highest BCUT2D eigenvalue weighted by Crippen LogP contribution is 2.33. The van der Waals surface area contributed by atoms with Crippen molar-refractivity contribution >= 4 is 40.1 Å². The van der Waals surface area contributed by atoms with E-state index >= 15 is 0 Å². The second-order valence-electron chi connectivity index (χ2n) is 4.05. The van der Waals surface area contributed by atoms with Crippen molar-refractivity contribution in [2.75, 3.05) is 0 Å². The molecule has 1 N–H and O–H groups in total. The Bertz CT molecular complexity index is 193. The number of carbonyl (C=O) groups excluding carboxylic acids is 1. The fraction of sp³-hybridized carbons (Fsp3) is 0.875. The zero-order chi connectivity index (χ0) is 9.35. The van der Waals surface area contributed by atoms with Gasteiger partial charge in [-0.05, 0) is 11.8 Å². The van der Waals surface area contributed by atoms with Crippen LogP contribution in [0, 0.1) is 5.41 Å². The number of hydrogen-bond acceptors (Lipinski definition) is 1. The molecule has 0 aromatic heterocycles. The van der Waals surface area contributed by atoms with Crippen LogP contribution in [0.3, 0.4) is 0 Å². The van der Waals surface area contributed by atoms with Crippen LogP contribution in [0.5, 0.6) is 0 Å². The maximum atomic E-state index is 11.2. The number of hydrogen-bond donors (Lipinski definition) is 1. The Hall–Kier alpha value is 0.490. The Morgan fingerprint density at radius 2 is 2.33 bits per heavy atom. The third-order valence-corrected chi connectivity index (χ3v) is 3.23. The van der Waals surface area contributed by atoms with Crippen LogP contribution in [-0.2, 0) is 4.79 Å². The average Bonchev–Trinajstić information content (AvgIpc) is 1.82. The summed E-state index contributed by atoms with van der Waals surface area (Å²) in [6, 6.07) is 0.128. The van der Waals surface area contributed by atoms with E-state index < -0.39 is 0 Å². The van der Waals surface area contributed by atoms with Crippen molar-refractivity contribution in [2.45, 2.75) is 36.1 Å². The van der Waals surface area contributed by atoms with Gasteiger partial charge in [0.15, 0.2) is 0 Å². The molecule has 0 bridgehead atoms. The van der Waals surface area contributed by atoms with Gasteiger partial charge in [-0.1, -0.05) is 36.4 Å². The van der Waals surface area contributed by atoms with E-state index in [4.69, 9.17) is 11.6 Å². The van der Waals surface area contributed by atoms with Gasteiger partial charge in [-0.3, -0.25) is 4.79 Å². The fourth-order valence-electron chi connectivity index (χ4n) is 1.56. The Kier molecular flexibility index (Phi) is 3.26. The molecule has 0 saturated carbocycles. The number of nitrogens with one attached hydrogen (secondary N) is 1. The van der Waals surface area contributed by atoms with Gasteiger partial charge in [-0.15, -0.1) is 11.6 Å². The first-order valence-corrected chi connectivity index (χ1v) is 5.66. The Morgan fingerprint density at radius 3 is 2.75 bits per heavy atom. The summed E-state index contributed by atoms with van der Waals surface area (Å²) in [4.78, 5) is 11.2. The maximum absolute atomic E-state index is 11.2. The highest BCUT2D eigenvalue weighted by molar-refractivity contribution is 14.1. The number of alkyl halides is 2. The smallest absolute Gasteiger partial charge is 0.220 e. The third-order valence-electron chi connectivity index (χ3n) is 2.06. The van der Waals surface area contributed by atoms with Crippen LogP contribution in [0.15, 0.2) is 0 Å². The molecule has 1 aliphatic heterocycles. The molecule has 0 aliphatic carbocycles. The number of piperidine rings is 1. The van der Waals surface area contributed by atoms with Crippen LogP contribution in [0.2, 0.25) is 0 Å². The van der Waals surface area contributed by atoms with Crippen molar-refractivity contribution in [2.24, 2.45) is 5.41 Å². The van der Waals surface area contributed by atoms with Gasteiger partial charge >= 0.3 is 0 Å². The maximum Gasteiger partial charge on any atom is 0.220 e. The molecule has 1 heterocycles. The summed E-state index contributed by atoms with van der Waals surface area (Å²) in [5.74, 6) is 0.124. The summed E-state index contributed by atoms with van der Waals surface area (Å²) >= 11 is 8.06. The van der Waals surface area contributed by atoms with Crippen molar-refractivity contribution in [3.8, 4) is 0 Å². The van der Waals surface area contributed by atoms with E-state index in [1.165, 1.54) is 0 Å². The summed E-state index contributed by atoms with van der Waals surface area (Å²) in [5.41, 5.74) is 0.102. The molecule has 0 aromatic carbocycles. The van der Waals surface area contributed by atoms with Gasteiger partial charge in [0, 0.05) is 6.42 Å². The summed E-state index contributed by atoms with van der Waals surface area (Å²) < 4.78 is -0.00822. The Labute approximate surface area is 91.6 Å². The summed E-state index contributed by atoms with van der Waals surface area (Å²) in [7, 11) is 0. The fourth-order valence-corrected chi connectivity index (χ4v) is 2.15. The third kappa shape index (κ3) is 2.76. The molecule has 1 rings (SSSR count). The molecule has 0 aromatic rings. The summed E-state index contributed by atoms with van der Waals surface area (Å²) in [6.45, 7) is 4.21. The number of rotatable bonds is 1. The lowest BCUT2D eigenvalue weighted by Crippen LogP contribution is -2.48. The zero-order valence-electron chi connectivity index (χ0n) is 7.23. The van der Waals surface area contributed by atoms with E-state index in [0.29, 0.717) is 6.42 Å². The van der Waals surface area contributed by atoms with Crippen molar-refractivity contribution in [1.29, 1.82) is 0 Å². The highest BCUT2D eigenvalue weighted by Gasteiger charge is 2.34. The number of amides is 1. The first kappa shape index (κ1) is 10.6. The molecule has 0 radical (unpaired) electrons. The van der Waals surface area contributed by atoms with Gasteiger partial charge in [0.2, 0.25) is 5.91 Å². The quantitative estimate of drug-likeness (QED) is 0.584. The van der Waals surface area contributed by atoms with E-state index in [2.05, 4.69) is 41.8 Å². The molecule has 0 spiro atoms. The minimum absolute atomic E-state index is 0.00822. The van der Waals surface area contributed by atoms with Crippen LogP contribution in [0.25, 0.3) is 0 Å². The minimum atomic E-state index is -0.00822. The van der Waals surface area contributed by atoms with Crippen LogP contribution in [0.4, 0.5) is 0 Å². The molecule has 2 nitrogen and oxygen atoms in total. The van der Waals surface area contributed by atoms with Crippen molar-refractivity contribution < 1.29 is 4.79 Å². The normalized spacial score (nSPS) is 31.0. The second-order valence-corrected chi connectivity index (χ2v) is 6.60. The van der Waals surface area contributed by atoms with Crippen molar-refractivity contribution in [3.63, 3.8) is 0 Å². The molecular formula is C8H13ClINO. The number of halogens is 2. The summed E-state index contributed by atoms with van der Waals surface area (Å²) in [6.07, 6.45) is 1.58. The second kappa shape index (κ2) is 3.70. The average molecular weight is 302 g/mol. The van der Waals surface area contributed by atoms with Gasteiger partial charge in [0.05, 0.1) is 6.04 Å². The molecule has 1 saturated heterocycles. The first-order valence-electron chi connectivity index (χ1n) is 3.98. The highest BCUT2D eigenvalue weighted by atomic mass is 127. The molecular weight excluding hydrogens is 288 g/mol. The van der Waals surface area contributed by atoms with E-state index in [0.717, 1.165) is 6.42 Å². The van der Waals surface area contributed by atoms with Crippen LogP contribution in [0.1, 0.15) is 26.7 Å². The topological polar surface area (TPSA) is 29.1 Å². The lowest BCUT2D eigenvalue weighted by molar-refractivity contribution is -0.126. The molecule has 2 atom stereocenters. The molecule has 1 amide bonds. The molecule has 70 valence electrons. The van der Waals surface area contributed by atoms with Gasteiger partial charge in [0.25, 0.3) is 0 Å². The summed E-state index contributed by atoms with van der Waals surface area (Å²) in [5, 5.41) is 2.89. The SMILES string of the molecule is CC1(C)CC(=O)NC(C(Cl)I)C1. The van der Waals surface area contributed by atoms with E-state index in [1.807, 2.05) is 0 Å². The molecule has 1 aliphatic rings. The number of carbonyl (C=O) groups is 1. The van der Waals surface area contributed by atoms with Crippen LogP contribution >= 0.6 is 34.2 Å². The molecule has 1 fully saturated rings. The van der Waals surface area contributed by atoms with E-state index in [1.54, 1.807) is 0 Å². The van der Waals surface area contributed by atoms with E-state index in [9.17, 15) is 4.79 Å². The lowest BCUT2D eigenvalue weighted by atomic mass is 9.80. The first-order chi connectivity index (χ1) is 5.41. The predicted octanol–water partition coefficient (Wildman–Crippen LogP) is 2.29. The van der Waals surface area contributed by atoms with Crippen LogP contribution in [-0.4, -0.2) is 15.3 Å². The lowest BCUT2D eigenvalue weighted by Gasteiger charge is -2.36. The zero-order valence-corrected chi connectivity index (χ0v) is 10.1. The monoisotopic (exact) mass is 301 g/mol. The Morgan fingerprint density at radius 1 is 1.75 bits per heavy atom. The van der Waals surface area contributed by atoms with Crippen LogP contribution < -0.4 is 5.32 Å². The largest absolute Gasteiger partial charge is 0.351 e. The van der Waals surface area contributed by atoms with Crippen molar-refractivity contribution in [3.05, 3.63) is 0 Å². The predicted molar refractivity (Wildman–Crippen MR) is 58.6 cm³/mol. The van der Waals surface area contributed by atoms with E-state index in [-0.39, 0.29) is 20.7 Å². The van der Waals surface area contributed by atoms with Crippen molar-refractivity contribution in [1.82, 2.24) is 5.32 Å².